The van der Waals surface area contributed by atoms with Gasteiger partial charge >= 0.3 is 0 Å². The molecule has 7 nitrogen and oxygen atoms in total. The number of anilines is 1. The molecule has 0 bridgehead atoms. The van der Waals surface area contributed by atoms with Gasteiger partial charge in [-0.2, -0.15) is 5.10 Å². The van der Waals surface area contributed by atoms with Crippen molar-refractivity contribution in [3.8, 4) is 11.5 Å². The molecule has 2 amide bonds. The molecular weight excluding hydrogens is 404 g/mol. The first-order valence-corrected chi connectivity index (χ1v) is 10.1. The van der Waals surface area contributed by atoms with E-state index in [1.807, 2.05) is 48.5 Å². The van der Waals surface area contributed by atoms with Gasteiger partial charge in [-0.1, -0.05) is 36.4 Å². The number of hydrogen-bond donors (Lipinski definition) is 2. The average molecular weight is 426 g/mol. The number of benzene rings is 3. The van der Waals surface area contributed by atoms with Crippen molar-refractivity contribution in [3.05, 3.63) is 108 Å². The summed E-state index contributed by atoms with van der Waals surface area (Å²) in [5.74, 6) is 0.906. The highest BCUT2D eigenvalue weighted by molar-refractivity contribution is 5.94. The van der Waals surface area contributed by atoms with Gasteiger partial charge in [0.1, 0.15) is 18.0 Å². The summed E-state index contributed by atoms with van der Waals surface area (Å²) in [7, 11) is 0. The highest BCUT2D eigenvalue weighted by atomic mass is 16.5. The predicted molar refractivity (Wildman–Crippen MR) is 121 cm³/mol. The molecule has 1 heterocycles. The summed E-state index contributed by atoms with van der Waals surface area (Å²) in [5.41, 5.74) is 2.03. The number of carbonyl (C=O) groups is 2. The fourth-order valence-corrected chi connectivity index (χ4v) is 3.11. The number of nitrogens with one attached hydrogen (secondary N) is 2. The number of amides is 2. The van der Waals surface area contributed by atoms with Crippen LogP contribution in [-0.2, 0) is 17.9 Å². The van der Waals surface area contributed by atoms with Crippen molar-refractivity contribution in [1.82, 2.24) is 15.1 Å². The molecule has 0 unspecified atom stereocenters. The summed E-state index contributed by atoms with van der Waals surface area (Å²) >= 11 is 0. The Labute approximate surface area is 185 Å². The van der Waals surface area contributed by atoms with Crippen molar-refractivity contribution < 1.29 is 14.3 Å². The number of nitrogens with zero attached hydrogens (tertiary/aromatic N) is 2. The van der Waals surface area contributed by atoms with Crippen LogP contribution in [0.25, 0.3) is 0 Å². The minimum Gasteiger partial charge on any atom is -0.457 e. The fraction of sp³-hybridized carbons (Fsp3) is 0.0800. The second-order valence-corrected chi connectivity index (χ2v) is 7.08. The van der Waals surface area contributed by atoms with Gasteiger partial charge in [0.2, 0.25) is 5.91 Å². The number of aromatic nitrogens is 2. The molecule has 4 aromatic rings. The van der Waals surface area contributed by atoms with Crippen LogP contribution in [0.5, 0.6) is 11.5 Å². The lowest BCUT2D eigenvalue weighted by molar-refractivity contribution is -0.116. The molecule has 0 fully saturated rings. The fourth-order valence-electron chi connectivity index (χ4n) is 3.11. The van der Waals surface area contributed by atoms with Gasteiger partial charge in [-0.25, -0.2) is 0 Å². The molecule has 0 spiro atoms. The Kier molecular flexibility index (Phi) is 6.57. The number of rotatable bonds is 8. The normalized spacial score (nSPS) is 10.4. The SMILES string of the molecule is O=C(Cn1cccn1)Nc1cccc(CNC(=O)c2cccc(Oc3ccccc3)c2)c1. The molecule has 0 saturated carbocycles. The molecule has 7 heteroatoms. The first-order valence-electron chi connectivity index (χ1n) is 10.1. The minimum atomic E-state index is -0.211. The van der Waals surface area contributed by atoms with Crippen LogP contribution in [0.1, 0.15) is 15.9 Å². The molecule has 0 radical (unpaired) electrons. The molecular formula is C25H22N4O3. The standard InChI is InChI=1S/C25H22N4O3/c30-24(18-29-14-6-13-27-29)28-21-9-4-7-19(15-21)17-26-25(31)20-8-5-12-23(16-20)32-22-10-2-1-3-11-22/h1-16H,17-18H2,(H,26,31)(H,28,30). The summed E-state index contributed by atoms with van der Waals surface area (Å²) in [6.07, 6.45) is 3.35. The van der Waals surface area contributed by atoms with E-state index in [1.54, 1.807) is 53.5 Å². The van der Waals surface area contributed by atoms with Crippen LogP contribution in [0, 0.1) is 0 Å². The van der Waals surface area contributed by atoms with E-state index in [1.165, 1.54) is 0 Å². The first kappa shape index (κ1) is 20.9. The Bertz CT molecular complexity index is 1190. The maximum atomic E-state index is 12.6. The Balaban J connectivity index is 1.33. The second-order valence-electron chi connectivity index (χ2n) is 7.08. The van der Waals surface area contributed by atoms with E-state index in [-0.39, 0.29) is 18.4 Å². The van der Waals surface area contributed by atoms with Gasteiger partial charge in [-0.3, -0.25) is 14.3 Å². The highest BCUT2D eigenvalue weighted by Crippen LogP contribution is 2.22. The molecule has 2 N–H and O–H groups in total. The maximum Gasteiger partial charge on any atom is 0.251 e. The molecule has 0 atom stereocenters. The third kappa shape index (κ3) is 5.82. The highest BCUT2D eigenvalue weighted by Gasteiger charge is 2.09. The molecule has 160 valence electrons. The average Bonchev–Trinajstić information content (AvgIpc) is 3.31. The van der Waals surface area contributed by atoms with Crippen molar-refractivity contribution in [1.29, 1.82) is 0 Å². The van der Waals surface area contributed by atoms with Gasteiger partial charge in [-0.15, -0.1) is 0 Å². The van der Waals surface area contributed by atoms with E-state index >= 15 is 0 Å². The van der Waals surface area contributed by atoms with Crippen molar-refractivity contribution >= 4 is 17.5 Å². The van der Waals surface area contributed by atoms with E-state index in [2.05, 4.69) is 15.7 Å². The van der Waals surface area contributed by atoms with Crippen LogP contribution < -0.4 is 15.4 Å². The lowest BCUT2D eigenvalue weighted by atomic mass is 10.1. The zero-order valence-electron chi connectivity index (χ0n) is 17.3. The van der Waals surface area contributed by atoms with Crippen molar-refractivity contribution in [2.24, 2.45) is 0 Å². The van der Waals surface area contributed by atoms with E-state index in [4.69, 9.17) is 4.74 Å². The molecule has 32 heavy (non-hydrogen) atoms. The zero-order chi connectivity index (χ0) is 22.2. The van der Waals surface area contributed by atoms with Crippen molar-refractivity contribution in [3.63, 3.8) is 0 Å². The van der Waals surface area contributed by atoms with E-state index in [0.717, 1.165) is 5.56 Å². The van der Waals surface area contributed by atoms with Crippen molar-refractivity contribution in [2.75, 3.05) is 5.32 Å². The summed E-state index contributed by atoms with van der Waals surface area (Å²) < 4.78 is 7.35. The van der Waals surface area contributed by atoms with Gasteiger partial charge in [0, 0.05) is 30.2 Å². The van der Waals surface area contributed by atoms with E-state index < -0.39 is 0 Å². The summed E-state index contributed by atoms with van der Waals surface area (Å²) in [5, 5.41) is 9.77. The molecule has 4 rings (SSSR count). The van der Waals surface area contributed by atoms with Crippen LogP contribution in [0.4, 0.5) is 5.69 Å². The maximum absolute atomic E-state index is 12.6. The van der Waals surface area contributed by atoms with Gasteiger partial charge in [-0.05, 0) is 54.1 Å². The summed E-state index contributed by atoms with van der Waals surface area (Å²) in [4.78, 5) is 24.8. The third-order valence-corrected chi connectivity index (χ3v) is 4.60. The second kappa shape index (κ2) is 10.1. The molecule has 0 aliphatic carbocycles. The third-order valence-electron chi connectivity index (χ3n) is 4.60. The lowest BCUT2D eigenvalue weighted by Gasteiger charge is -2.10. The van der Waals surface area contributed by atoms with Crippen molar-refractivity contribution in [2.45, 2.75) is 13.1 Å². The number of para-hydroxylation sites is 1. The van der Waals surface area contributed by atoms with Crippen LogP contribution in [-0.4, -0.2) is 21.6 Å². The number of carbonyl (C=O) groups excluding carboxylic acids is 2. The number of hydrogen-bond acceptors (Lipinski definition) is 4. The van der Waals surface area contributed by atoms with Crippen LogP contribution >= 0.6 is 0 Å². The van der Waals surface area contributed by atoms with Crippen LogP contribution in [0.3, 0.4) is 0 Å². The quantitative estimate of drug-likeness (QED) is 0.441. The smallest absolute Gasteiger partial charge is 0.251 e. The predicted octanol–water partition coefficient (Wildman–Crippen LogP) is 4.24. The Morgan fingerprint density at radius 1 is 0.875 bits per heavy atom. The monoisotopic (exact) mass is 426 g/mol. The topological polar surface area (TPSA) is 85.3 Å². The Morgan fingerprint density at radius 3 is 2.50 bits per heavy atom. The summed E-state index contributed by atoms with van der Waals surface area (Å²) in [6.45, 7) is 0.459. The Hall–Kier alpha value is -4.39. The molecule has 0 aliphatic rings. The van der Waals surface area contributed by atoms with Gasteiger partial charge in [0.05, 0.1) is 0 Å². The molecule has 3 aromatic carbocycles. The van der Waals surface area contributed by atoms with Crippen LogP contribution in [0.2, 0.25) is 0 Å². The van der Waals surface area contributed by atoms with Gasteiger partial charge in [0.25, 0.3) is 5.91 Å². The molecule has 0 saturated heterocycles. The number of ether oxygens (including phenoxy) is 1. The molecule has 0 aliphatic heterocycles. The van der Waals surface area contributed by atoms with E-state index in [0.29, 0.717) is 29.3 Å². The van der Waals surface area contributed by atoms with Gasteiger partial charge in [0.15, 0.2) is 0 Å². The van der Waals surface area contributed by atoms with Gasteiger partial charge < -0.3 is 15.4 Å². The largest absolute Gasteiger partial charge is 0.457 e. The minimum absolute atomic E-state index is 0.134. The van der Waals surface area contributed by atoms with E-state index in [9.17, 15) is 9.59 Å². The van der Waals surface area contributed by atoms with Crippen LogP contribution in [0.15, 0.2) is 97.3 Å². The first-order chi connectivity index (χ1) is 15.7. The Morgan fingerprint density at radius 2 is 1.69 bits per heavy atom. The zero-order valence-corrected chi connectivity index (χ0v) is 17.3. The molecule has 1 aromatic heterocycles. The lowest BCUT2D eigenvalue weighted by Crippen LogP contribution is -2.23. The summed E-state index contributed by atoms with van der Waals surface area (Å²) in [6, 6.07) is 25.5.